The lowest BCUT2D eigenvalue weighted by Crippen LogP contribution is -2.32. The smallest absolute Gasteiger partial charge is 0.370 e. The molecule has 1 aromatic rings. The third-order valence-electron chi connectivity index (χ3n) is 2.33. The number of alkyl halides is 6. The van der Waals surface area contributed by atoms with E-state index in [9.17, 15) is 26.3 Å². The van der Waals surface area contributed by atoms with Gasteiger partial charge in [0.15, 0.2) is 0 Å². The van der Waals surface area contributed by atoms with Crippen LogP contribution in [0.1, 0.15) is 19.2 Å². The molecule has 0 amide bonds. The van der Waals surface area contributed by atoms with Crippen molar-refractivity contribution in [2.24, 2.45) is 0 Å². The fraction of sp³-hybridized carbons (Fsp3) is 0.636. The van der Waals surface area contributed by atoms with Crippen LogP contribution in [0.2, 0.25) is 0 Å². The Morgan fingerprint density at radius 2 is 1.76 bits per heavy atom. The Morgan fingerprint density at radius 1 is 1.14 bits per heavy atom. The van der Waals surface area contributed by atoms with E-state index >= 15 is 0 Å². The van der Waals surface area contributed by atoms with E-state index in [1.54, 1.807) is 6.92 Å². The molecule has 1 rings (SSSR count). The van der Waals surface area contributed by atoms with Gasteiger partial charge < -0.3 is 10.2 Å². The van der Waals surface area contributed by atoms with E-state index in [2.05, 4.69) is 15.3 Å². The molecule has 0 unspecified atom stereocenters. The second-order valence-corrected chi connectivity index (χ2v) is 4.33. The highest BCUT2D eigenvalue weighted by atomic mass is 19.4. The Bertz CT molecular complexity index is 471. The van der Waals surface area contributed by atoms with Crippen LogP contribution in [-0.4, -0.2) is 36.3 Å². The molecule has 0 aliphatic rings. The molecule has 1 aromatic heterocycles. The summed E-state index contributed by atoms with van der Waals surface area (Å²) in [6.45, 7) is 0.723. The first kappa shape index (κ1) is 17.3. The summed E-state index contributed by atoms with van der Waals surface area (Å²) in [7, 11) is 1.01. The Kier molecular flexibility index (Phi) is 5.24. The molecule has 0 saturated carbocycles. The summed E-state index contributed by atoms with van der Waals surface area (Å²) in [5.74, 6) is -2.09. The molecule has 1 N–H and O–H groups in total. The number of hydrogen-bond donors (Lipinski definition) is 1. The van der Waals surface area contributed by atoms with E-state index in [-0.39, 0.29) is 5.82 Å². The van der Waals surface area contributed by atoms with Crippen molar-refractivity contribution in [2.75, 3.05) is 30.4 Å². The van der Waals surface area contributed by atoms with Crippen molar-refractivity contribution >= 4 is 11.6 Å². The fourth-order valence-corrected chi connectivity index (χ4v) is 1.45. The van der Waals surface area contributed by atoms with Gasteiger partial charge in [-0.1, -0.05) is 6.92 Å². The van der Waals surface area contributed by atoms with Gasteiger partial charge in [-0.15, -0.1) is 0 Å². The Balaban J connectivity index is 3.12. The molecule has 0 radical (unpaired) electrons. The third kappa shape index (κ3) is 5.64. The summed E-state index contributed by atoms with van der Waals surface area (Å²) in [5.41, 5.74) is 0. The molecule has 0 atom stereocenters. The molecular weight excluding hydrogens is 302 g/mol. The molecule has 0 saturated heterocycles. The van der Waals surface area contributed by atoms with Crippen LogP contribution in [0.5, 0.6) is 0 Å². The molecule has 4 nitrogen and oxygen atoms in total. The van der Waals surface area contributed by atoms with Crippen LogP contribution < -0.4 is 10.2 Å². The quantitative estimate of drug-likeness (QED) is 0.846. The van der Waals surface area contributed by atoms with Gasteiger partial charge in [-0.3, -0.25) is 0 Å². The van der Waals surface area contributed by atoms with E-state index in [0.717, 1.165) is 13.1 Å². The summed E-state index contributed by atoms with van der Waals surface area (Å²) >= 11 is 0. The van der Waals surface area contributed by atoms with Crippen LogP contribution in [0.3, 0.4) is 0 Å². The van der Waals surface area contributed by atoms with Crippen molar-refractivity contribution in [3.63, 3.8) is 0 Å². The summed E-state index contributed by atoms with van der Waals surface area (Å²) < 4.78 is 75.0. The van der Waals surface area contributed by atoms with Gasteiger partial charge in [-0.05, 0) is 6.42 Å². The van der Waals surface area contributed by atoms with Gasteiger partial charge in [0, 0.05) is 19.7 Å². The van der Waals surface area contributed by atoms with Gasteiger partial charge in [0.1, 0.15) is 18.2 Å². The maximum Gasteiger partial charge on any atom is 0.451 e. The van der Waals surface area contributed by atoms with Crippen molar-refractivity contribution in [1.82, 2.24) is 9.97 Å². The summed E-state index contributed by atoms with van der Waals surface area (Å²) in [6.07, 6.45) is -8.76. The van der Waals surface area contributed by atoms with Crippen LogP contribution in [0.25, 0.3) is 0 Å². The van der Waals surface area contributed by atoms with E-state index in [0.29, 0.717) is 17.9 Å². The Morgan fingerprint density at radius 3 is 2.24 bits per heavy atom. The topological polar surface area (TPSA) is 41.0 Å². The number of aromatic nitrogens is 2. The Labute approximate surface area is 117 Å². The zero-order valence-corrected chi connectivity index (χ0v) is 11.3. The summed E-state index contributed by atoms with van der Waals surface area (Å²) in [5, 5.41) is 2.61. The maximum atomic E-state index is 12.7. The van der Waals surface area contributed by atoms with Crippen molar-refractivity contribution in [3.05, 3.63) is 11.9 Å². The van der Waals surface area contributed by atoms with Crippen molar-refractivity contribution in [1.29, 1.82) is 0 Å². The van der Waals surface area contributed by atoms with Gasteiger partial charge in [-0.25, -0.2) is 9.97 Å². The average Bonchev–Trinajstić information content (AvgIpc) is 2.33. The number of nitrogens with one attached hydrogen (secondary N) is 1. The monoisotopic (exact) mass is 316 g/mol. The van der Waals surface area contributed by atoms with Gasteiger partial charge in [-0.2, -0.15) is 26.3 Å². The lowest BCUT2D eigenvalue weighted by atomic mass is 10.4. The number of anilines is 2. The molecule has 0 fully saturated rings. The molecule has 1 heterocycles. The normalized spacial score (nSPS) is 12.4. The van der Waals surface area contributed by atoms with Crippen LogP contribution >= 0.6 is 0 Å². The van der Waals surface area contributed by atoms with Gasteiger partial charge in [0.25, 0.3) is 0 Å². The van der Waals surface area contributed by atoms with Crippen molar-refractivity contribution in [2.45, 2.75) is 25.7 Å². The molecular formula is C11H14F6N4. The molecule has 0 bridgehead atoms. The van der Waals surface area contributed by atoms with Crippen LogP contribution in [-0.2, 0) is 6.18 Å². The fourth-order valence-electron chi connectivity index (χ4n) is 1.45. The van der Waals surface area contributed by atoms with Crippen LogP contribution in [0, 0.1) is 0 Å². The van der Waals surface area contributed by atoms with Crippen molar-refractivity contribution < 1.29 is 26.3 Å². The van der Waals surface area contributed by atoms with Gasteiger partial charge in [0.2, 0.25) is 5.82 Å². The Hall–Kier alpha value is -1.74. The SMILES string of the molecule is CCCNc1cc(N(C)CC(F)(F)F)nc(C(F)(F)F)n1. The minimum absolute atomic E-state index is 0.164. The standard InChI is InChI=1S/C11H14F6N4/c1-3-4-18-7-5-8(21(2)6-10(12,13)14)20-9(19-7)11(15,16)17/h5H,3-4,6H2,1-2H3,(H,18,19,20). The van der Waals surface area contributed by atoms with E-state index in [1.807, 2.05) is 0 Å². The molecule has 21 heavy (non-hydrogen) atoms. The summed E-state index contributed by atoms with van der Waals surface area (Å²) in [6, 6.07) is 1.05. The number of halogens is 6. The summed E-state index contributed by atoms with van der Waals surface area (Å²) in [4.78, 5) is 7.00. The van der Waals surface area contributed by atoms with Crippen LogP contribution in [0.4, 0.5) is 38.0 Å². The predicted molar refractivity (Wildman–Crippen MR) is 65.1 cm³/mol. The second kappa shape index (κ2) is 6.35. The van der Waals surface area contributed by atoms with Gasteiger partial charge >= 0.3 is 12.4 Å². The highest BCUT2D eigenvalue weighted by Crippen LogP contribution is 2.29. The zero-order valence-electron chi connectivity index (χ0n) is 11.3. The minimum atomic E-state index is -4.84. The lowest BCUT2D eigenvalue weighted by Gasteiger charge is -2.21. The van der Waals surface area contributed by atoms with Crippen molar-refractivity contribution in [3.8, 4) is 0 Å². The molecule has 120 valence electrons. The highest BCUT2D eigenvalue weighted by molar-refractivity contribution is 5.49. The largest absolute Gasteiger partial charge is 0.451 e. The number of hydrogen-bond acceptors (Lipinski definition) is 4. The number of rotatable bonds is 5. The number of nitrogens with zero attached hydrogens (tertiary/aromatic N) is 3. The maximum absolute atomic E-state index is 12.7. The third-order valence-corrected chi connectivity index (χ3v) is 2.33. The molecule has 0 aliphatic carbocycles. The zero-order chi connectivity index (χ0) is 16.3. The first-order valence-electron chi connectivity index (χ1n) is 6.01. The molecule has 0 aromatic carbocycles. The molecule has 0 spiro atoms. The van der Waals surface area contributed by atoms with Crippen LogP contribution in [0.15, 0.2) is 6.07 Å². The van der Waals surface area contributed by atoms with Gasteiger partial charge in [0.05, 0.1) is 0 Å². The van der Waals surface area contributed by atoms with E-state index < -0.39 is 30.5 Å². The molecule has 0 aliphatic heterocycles. The lowest BCUT2D eigenvalue weighted by molar-refractivity contribution is -0.144. The van der Waals surface area contributed by atoms with E-state index in [4.69, 9.17) is 0 Å². The minimum Gasteiger partial charge on any atom is -0.370 e. The first-order valence-corrected chi connectivity index (χ1v) is 6.01. The molecule has 10 heteroatoms. The first-order chi connectivity index (χ1) is 9.53. The predicted octanol–water partition coefficient (Wildman–Crippen LogP) is 3.32. The second-order valence-electron chi connectivity index (χ2n) is 4.33. The average molecular weight is 316 g/mol. The van der Waals surface area contributed by atoms with E-state index in [1.165, 1.54) is 0 Å². The highest BCUT2D eigenvalue weighted by Gasteiger charge is 2.36.